The molecule has 0 amide bonds. The van der Waals surface area contributed by atoms with E-state index in [0.717, 1.165) is 0 Å². The van der Waals surface area contributed by atoms with Crippen LogP contribution in [0.4, 0.5) is 0 Å². The first-order valence-corrected chi connectivity index (χ1v) is 10.7. The first kappa shape index (κ1) is 20.0. The van der Waals surface area contributed by atoms with Gasteiger partial charge in [0.25, 0.3) is 0 Å². The molecule has 22 heavy (non-hydrogen) atoms. The topological polar surface area (TPSA) is 88.4 Å². The van der Waals surface area contributed by atoms with Gasteiger partial charge < -0.3 is 29.2 Å². The van der Waals surface area contributed by atoms with Crippen LogP contribution in [-0.2, 0) is 13.9 Å². The molecule has 7 heteroatoms. The zero-order valence-corrected chi connectivity index (χ0v) is 15.7. The van der Waals surface area contributed by atoms with Crippen LogP contribution in [0.1, 0.15) is 27.7 Å². The van der Waals surface area contributed by atoms with E-state index >= 15 is 0 Å². The smallest absolute Gasteiger partial charge is 0.192 e. The van der Waals surface area contributed by atoms with Crippen molar-refractivity contribution in [3.8, 4) is 0 Å². The summed E-state index contributed by atoms with van der Waals surface area (Å²) in [5.41, 5.74) is 0. The van der Waals surface area contributed by atoms with Gasteiger partial charge >= 0.3 is 0 Å². The Balaban J connectivity index is 2.74. The average Bonchev–Trinajstić information content (AvgIpc) is 2.43. The lowest BCUT2D eigenvalue weighted by atomic mass is 9.99. The van der Waals surface area contributed by atoms with E-state index in [-0.39, 0.29) is 11.6 Å². The van der Waals surface area contributed by atoms with Gasteiger partial charge in [-0.1, -0.05) is 27.7 Å². The highest BCUT2D eigenvalue weighted by molar-refractivity contribution is 6.74. The van der Waals surface area contributed by atoms with Crippen molar-refractivity contribution in [2.45, 2.75) is 76.5 Å². The maximum atomic E-state index is 10.1. The predicted octanol–water partition coefficient (Wildman–Crippen LogP) is 1.10. The lowest BCUT2D eigenvalue weighted by Crippen LogP contribution is -2.60. The van der Waals surface area contributed by atoms with Gasteiger partial charge in [-0.2, -0.15) is 0 Å². The Kier molecular flexibility index (Phi) is 6.60. The zero-order chi connectivity index (χ0) is 17.3. The molecule has 0 bridgehead atoms. The summed E-state index contributed by atoms with van der Waals surface area (Å²) in [4.78, 5) is 0. The third kappa shape index (κ3) is 3.90. The van der Waals surface area contributed by atoms with Crippen LogP contribution in [0.2, 0.25) is 18.1 Å². The summed E-state index contributed by atoms with van der Waals surface area (Å²) in [6.45, 7) is 13.2. The second-order valence-electron chi connectivity index (χ2n) is 7.45. The van der Waals surface area contributed by atoms with Gasteiger partial charge in [-0.25, -0.2) is 0 Å². The van der Waals surface area contributed by atoms with Crippen molar-refractivity contribution in [1.82, 2.24) is 0 Å². The lowest BCUT2D eigenvalue weighted by Gasteiger charge is -2.45. The molecule has 3 N–H and O–H groups in total. The first-order valence-electron chi connectivity index (χ1n) is 7.82. The summed E-state index contributed by atoms with van der Waals surface area (Å²) >= 11 is 0. The number of hydrogen-bond acceptors (Lipinski definition) is 6. The third-order valence-electron chi connectivity index (χ3n) is 5.50. The largest absolute Gasteiger partial charge is 0.414 e. The van der Waals surface area contributed by atoms with E-state index in [2.05, 4.69) is 40.8 Å². The molecule has 0 spiro atoms. The molecular formula is C15H32O6Si. The van der Waals surface area contributed by atoms with Crippen LogP contribution in [-0.4, -0.2) is 68.1 Å². The van der Waals surface area contributed by atoms with Crippen LogP contribution in [0.15, 0.2) is 0 Å². The molecule has 1 fully saturated rings. The first-order chi connectivity index (χ1) is 9.95. The van der Waals surface area contributed by atoms with Gasteiger partial charge in [0.15, 0.2) is 14.6 Å². The highest BCUT2D eigenvalue weighted by Gasteiger charge is 2.47. The SMILES string of the molecule is CO[C@H]1O[C@H](CO[Si](C)(C)C(C)(C)C(C)C)[C@@H](O)[C@H](O)[C@@H]1O. The minimum atomic E-state index is -2.05. The van der Waals surface area contributed by atoms with Crippen molar-refractivity contribution >= 4 is 8.32 Å². The minimum absolute atomic E-state index is 0.0470. The molecule has 0 aliphatic carbocycles. The number of ether oxygens (including phenoxy) is 2. The summed E-state index contributed by atoms with van der Waals surface area (Å²) in [7, 11) is -0.669. The number of aliphatic hydroxyl groups is 3. The molecule has 1 saturated heterocycles. The Morgan fingerprint density at radius 2 is 1.64 bits per heavy atom. The van der Waals surface area contributed by atoms with Crippen LogP contribution in [0.5, 0.6) is 0 Å². The molecule has 0 unspecified atom stereocenters. The van der Waals surface area contributed by atoms with E-state index in [9.17, 15) is 15.3 Å². The molecule has 0 saturated carbocycles. The summed E-state index contributed by atoms with van der Waals surface area (Å²) in [6.07, 6.45) is -5.47. The second-order valence-corrected chi connectivity index (χ2v) is 12.0. The molecular weight excluding hydrogens is 304 g/mol. The summed E-state index contributed by atoms with van der Waals surface area (Å²) in [5, 5.41) is 29.8. The highest BCUT2D eigenvalue weighted by atomic mass is 28.4. The van der Waals surface area contributed by atoms with Crippen molar-refractivity contribution < 1.29 is 29.2 Å². The summed E-state index contributed by atoms with van der Waals surface area (Å²) in [5.74, 6) is 0.463. The molecule has 0 radical (unpaired) electrons. The summed E-state index contributed by atoms with van der Waals surface area (Å²) < 4.78 is 16.7. The van der Waals surface area contributed by atoms with Crippen molar-refractivity contribution in [3.05, 3.63) is 0 Å². The van der Waals surface area contributed by atoms with Crippen molar-refractivity contribution in [3.63, 3.8) is 0 Å². The number of methoxy groups -OCH3 is 1. The fourth-order valence-corrected chi connectivity index (χ4v) is 4.76. The maximum absolute atomic E-state index is 10.1. The van der Waals surface area contributed by atoms with Gasteiger partial charge in [0.05, 0.1) is 6.61 Å². The van der Waals surface area contributed by atoms with E-state index in [4.69, 9.17) is 13.9 Å². The minimum Gasteiger partial charge on any atom is -0.414 e. The Hall–Kier alpha value is -0.0231. The summed E-state index contributed by atoms with van der Waals surface area (Å²) in [6, 6.07) is 0. The van der Waals surface area contributed by atoms with Gasteiger partial charge in [-0.15, -0.1) is 0 Å². The van der Waals surface area contributed by atoms with Crippen molar-refractivity contribution in [1.29, 1.82) is 0 Å². The monoisotopic (exact) mass is 336 g/mol. The highest BCUT2D eigenvalue weighted by Crippen LogP contribution is 2.44. The van der Waals surface area contributed by atoms with Gasteiger partial charge in [0, 0.05) is 7.11 Å². The normalized spacial score (nSPS) is 34.2. The molecule has 1 aliphatic heterocycles. The quantitative estimate of drug-likeness (QED) is 0.630. The second kappa shape index (κ2) is 7.25. The van der Waals surface area contributed by atoms with Crippen molar-refractivity contribution in [2.24, 2.45) is 5.92 Å². The Morgan fingerprint density at radius 3 is 2.09 bits per heavy atom. The van der Waals surface area contributed by atoms with Crippen LogP contribution >= 0.6 is 0 Å². The molecule has 1 aliphatic rings. The van der Waals surface area contributed by atoms with Crippen LogP contribution in [0, 0.1) is 5.92 Å². The molecule has 5 atom stereocenters. The molecule has 1 rings (SSSR count). The number of rotatable bonds is 6. The molecule has 132 valence electrons. The Bertz CT molecular complexity index is 358. The number of hydrogen-bond donors (Lipinski definition) is 3. The van der Waals surface area contributed by atoms with Gasteiger partial charge in [-0.3, -0.25) is 0 Å². The van der Waals surface area contributed by atoms with Gasteiger partial charge in [-0.05, 0) is 24.1 Å². The van der Waals surface area contributed by atoms with E-state index in [1.54, 1.807) is 0 Å². The zero-order valence-electron chi connectivity index (χ0n) is 14.7. The molecule has 6 nitrogen and oxygen atoms in total. The fraction of sp³-hybridized carbons (Fsp3) is 1.00. The molecule has 0 aromatic heterocycles. The molecule has 1 heterocycles. The molecule has 0 aromatic rings. The lowest BCUT2D eigenvalue weighted by molar-refractivity contribution is -0.293. The van der Waals surface area contributed by atoms with E-state index in [1.165, 1.54) is 7.11 Å². The van der Waals surface area contributed by atoms with E-state index < -0.39 is 39.0 Å². The van der Waals surface area contributed by atoms with E-state index in [1.807, 2.05) is 0 Å². The number of aliphatic hydroxyl groups excluding tert-OH is 3. The predicted molar refractivity (Wildman–Crippen MR) is 86.0 cm³/mol. The molecule has 0 aromatic carbocycles. The third-order valence-corrected chi connectivity index (χ3v) is 10.1. The van der Waals surface area contributed by atoms with Crippen molar-refractivity contribution in [2.75, 3.05) is 13.7 Å². The van der Waals surface area contributed by atoms with Gasteiger partial charge in [0.1, 0.15) is 24.4 Å². The maximum Gasteiger partial charge on any atom is 0.192 e. The average molecular weight is 337 g/mol. The Labute approximate surface area is 134 Å². The van der Waals surface area contributed by atoms with Crippen LogP contribution in [0.25, 0.3) is 0 Å². The van der Waals surface area contributed by atoms with E-state index in [0.29, 0.717) is 5.92 Å². The van der Waals surface area contributed by atoms with Gasteiger partial charge in [0.2, 0.25) is 0 Å². The van der Waals surface area contributed by atoms with Crippen LogP contribution < -0.4 is 0 Å². The Morgan fingerprint density at radius 1 is 1.09 bits per heavy atom. The van der Waals surface area contributed by atoms with Crippen LogP contribution in [0.3, 0.4) is 0 Å². The standard InChI is InChI=1S/C15H32O6Si/c1-9(2)15(3,4)22(6,7)20-8-10-11(16)12(17)13(18)14(19-5)21-10/h9-14,16-18H,8H2,1-7H3/t10-,11-,12+,13+,14+/m1/s1. The fourth-order valence-electron chi connectivity index (χ4n) is 2.42.